The van der Waals surface area contributed by atoms with Gasteiger partial charge in [0, 0.05) is 0 Å². The summed E-state index contributed by atoms with van der Waals surface area (Å²) in [5, 5.41) is 0. The summed E-state index contributed by atoms with van der Waals surface area (Å²) >= 11 is 0. The summed E-state index contributed by atoms with van der Waals surface area (Å²) in [4.78, 5) is 19.2. The number of carbonyl (C=O) groups is 2. The molecule has 0 aromatic heterocycles. The van der Waals surface area contributed by atoms with Crippen LogP contribution in [0.1, 0.15) is 13.3 Å². The van der Waals surface area contributed by atoms with E-state index in [1.54, 1.807) is 0 Å². The Labute approximate surface area is 64.6 Å². The fourth-order valence-electron chi connectivity index (χ4n) is 0.117. The van der Waals surface area contributed by atoms with E-state index in [1.807, 2.05) is 0 Å². The molecule has 0 radical (unpaired) electrons. The van der Waals surface area contributed by atoms with Gasteiger partial charge in [-0.2, -0.15) is 0 Å². The van der Waals surface area contributed by atoms with Crippen molar-refractivity contribution in [2.75, 3.05) is 0 Å². The summed E-state index contributed by atoms with van der Waals surface area (Å²) in [5.74, 6) is -0.0787. The van der Waals surface area contributed by atoms with Gasteiger partial charge in [0.1, 0.15) is 12.1 Å². The van der Waals surface area contributed by atoms with E-state index in [4.69, 9.17) is 0 Å². The second-order valence-electron chi connectivity index (χ2n) is 1.07. The van der Waals surface area contributed by atoms with Crippen LogP contribution in [0.15, 0.2) is 0 Å². The van der Waals surface area contributed by atoms with Crippen molar-refractivity contribution in [1.29, 1.82) is 0 Å². The van der Waals surface area contributed by atoms with Crippen molar-refractivity contribution in [3.05, 3.63) is 0 Å². The summed E-state index contributed by atoms with van der Waals surface area (Å²) in [7, 11) is 0. The molecule has 0 rings (SSSR count). The zero-order valence-corrected chi connectivity index (χ0v) is 3.60. The molecule has 0 aliphatic heterocycles. The Hall–Kier alpha value is 0.340. The third-order valence-corrected chi connectivity index (χ3v) is 0.371. The molecule has 0 N–H and O–H groups in total. The molecule has 36 valence electrons. The van der Waals surface area contributed by atoms with Crippen molar-refractivity contribution < 1.29 is 9.59 Å². The summed E-state index contributed by atoms with van der Waals surface area (Å²) in [5.41, 5.74) is 0. The van der Waals surface area contributed by atoms with Gasteiger partial charge >= 0.3 is 29.6 Å². The number of rotatable bonds is 2. The van der Waals surface area contributed by atoms with Crippen LogP contribution >= 0.6 is 0 Å². The monoisotopic (exact) mass is 110 g/mol. The maximum absolute atomic E-state index is 9.81. The van der Waals surface area contributed by atoms with Gasteiger partial charge in [0.2, 0.25) is 0 Å². The molecule has 0 saturated heterocycles. The summed E-state index contributed by atoms with van der Waals surface area (Å²) in [6.07, 6.45) is 0.655. The van der Waals surface area contributed by atoms with Gasteiger partial charge in [0.25, 0.3) is 0 Å². The van der Waals surface area contributed by atoms with Crippen molar-refractivity contribution in [1.82, 2.24) is 0 Å². The Morgan fingerprint density at radius 3 is 2.14 bits per heavy atom. The molecule has 0 heterocycles. The molecule has 0 bridgehead atoms. The molecule has 0 amide bonds. The van der Waals surface area contributed by atoms with Gasteiger partial charge in [0.05, 0.1) is 6.42 Å². The molecule has 0 spiro atoms. The van der Waals surface area contributed by atoms with Crippen LogP contribution in [-0.2, 0) is 9.59 Å². The third-order valence-electron chi connectivity index (χ3n) is 0.371. The molecular formula is C4H7NaO2. The molecule has 0 saturated carbocycles. The van der Waals surface area contributed by atoms with Gasteiger partial charge in [-0.3, -0.25) is 4.79 Å². The number of Topliss-reactive ketones (excluding diaryl/α,β-unsaturated/α-hetero) is 1. The van der Waals surface area contributed by atoms with Crippen LogP contribution in [0.5, 0.6) is 0 Å². The van der Waals surface area contributed by atoms with Crippen molar-refractivity contribution in [3.63, 3.8) is 0 Å². The fraction of sp³-hybridized carbons (Fsp3) is 0.500. The first-order chi connectivity index (χ1) is 2.77. The molecule has 3 heteroatoms. The van der Waals surface area contributed by atoms with E-state index < -0.39 is 0 Å². The van der Waals surface area contributed by atoms with Crippen LogP contribution in [0.2, 0.25) is 0 Å². The Morgan fingerprint density at radius 2 is 2.14 bits per heavy atom. The second kappa shape index (κ2) is 6.34. The normalized spacial score (nSPS) is 6.43. The quantitative estimate of drug-likeness (QED) is 0.273. The second-order valence-corrected chi connectivity index (χ2v) is 1.07. The van der Waals surface area contributed by atoms with Crippen LogP contribution in [0.4, 0.5) is 0 Å². The SMILES string of the molecule is CC(=O)CC=O.[NaH]. The van der Waals surface area contributed by atoms with E-state index in [1.165, 1.54) is 6.92 Å². The van der Waals surface area contributed by atoms with Crippen molar-refractivity contribution in [2.45, 2.75) is 13.3 Å². The fourth-order valence-corrected chi connectivity index (χ4v) is 0.117. The molecule has 0 atom stereocenters. The number of ketones is 1. The van der Waals surface area contributed by atoms with E-state index in [2.05, 4.69) is 0 Å². The topological polar surface area (TPSA) is 34.1 Å². The first-order valence-electron chi connectivity index (χ1n) is 1.70. The Balaban J connectivity index is 0. The Kier molecular flexibility index (Phi) is 9.37. The zero-order valence-electron chi connectivity index (χ0n) is 3.60. The first kappa shape index (κ1) is 10.3. The molecule has 0 aliphatic rings. The molecular weight excluding hydrogens is 103 g/mol. The molecule has 0 aromatic carbocycles. The first-order valence-corrected chi connectivity index (χ1v) is 1.70. The molecule has 0 fully saturated rings. The van der Waals surface area contributed by atoms with Crippen LogP contribution in [0, 0.1) is 0 Å². The predicted molar refractivity (Wildman–Crippen MR) is 28.5 cm³/mol. The van der Waals surface area contributed by atoms with Gasteiger partial charge in [-0.1, -0.05) is 0 Å². The van der Waals surface area contributed by atoms with Crippen molar-refractivity contribution in [2.24, 2.45) is 0 Å². The van der Waals surface area contributed by atoms with Crippen molar-refractivity contribution in [3.8, 4) is 0 Å². The predicted octanol–water partition coefficient (Wildman–Crippen LogP) is -0.484. The number of carbonyl (C=O) groups excluding carboxylic acids is 2. The Morgan fingerprint density at radius 1 is 1.71 bits per heavy atom. The van der Waals surface area contributed by atoms with Crippen LogP contribution in [0.3, 0.4) is 0 Å². The molecule has 0 unspecified atom stereocenters. The number of aldehydes is 1. The molecule has 7 heavy (non-hydrogen) atoms. The zero-order chi connectivity index (χ0) is 4.99. The van der Waals surface area contributed by atoms with E-state index in [0.29, 0.717) is 6.29 Å². The van der Waals surface area contributed by atoms with Gasteiger partial charge in [-0.15, -0.1) is 0 Å². The summed E-state index contributed by atoms with van der Waals surface area (Å²) < 4.78 is 0. The number of hydrogen-bond donors (Lipinski definition) is 0. The van der Waals surface area contributed by atoms with Crippen molar-refractivity contribution >= 4 is 41.6 Å². The molecule has 0 aromatic rings. The summed E-state index contributed by atoms with van der Waals surface area (Å²) in [6.45, 7) is 1.38. The third kappa shape index (κ3) is 10.7. The summed E-state index contributed by atoms with van der Waals surface area (Å²) in [6, 6.07) is 0. The van der Waals surface area contributed by atoms with E-state index in [9.17, 15) is 9.59 Å². The van der Waals surface area contributed by atoms with Crippen LogP contribution in [-0.4, -0.2) is 41.6 Å². The van der Waals surface area contributed by atoms with Gasteiger partial charge in [-0.25, -0.2) is 0 Å². The minimum atomic E-state index is -0.0787. The van der Waals surface area contributed by atoms with Crippen LogP contribution in [0.25, 0.3) is 0 Å². The average molecular weight is 110 g/mol. The van der Waals surface area contributed by atoms with E-state index in [-0.39, 0.29) is 41.8 Å². The average Bonchev–Trinajstić information content (AvgIpc) is 1.35. The van der Waals surface area contributed by atoms with Gasteiger partial charge < -0.3 is 4.79 Å². The minimum absolute atomic E-state index is 0. The van der Waals surface area contributed by atoms with Crippen LogP contribution < -0.4 is 0 Å². The van der Waals surface area contributed by atoms with E-state index >= 15 is 0 Å². The van der Waals surface area contributed by atoms with Gasteiger partial charge in [0.15, 0.2) is 0 Å². The molecule has 2 nitrogen and oxygen atoms in total. The maximum atomic E-state index is 9.81. The Bertz CT molecular complexity index is 70.1. The van der Waals surface area contributed by atoms with E-state index in [0.717, 1.165) is 0 Å². The number of hydrogen-bond acceptors (Lipinski definition) is 2. The van der Waals surface area contributed by atoms with Gasteiger partial charge in [-0.05, 0) is 6.92 Å². The standard InChI is InChI=1S/C4H6O2.Na.H/c1-4(6)2-3-5;;/h3H,2H2,1H3;;. The molecule has 0 aliphatic carbocycles.